The Morgan fingerprint density at radius 2 is 2.41 bits per heavy atom. The average molecular weight is 303 g/mol. The van der Waals surface area contributed by atoms with Crippen molar-refractivity contribution in [3.8, 4) is 0 Å². The van der Waals surface area contributed by atoms with Gasteiger partial charge in [-0.25, -0.2) is 4.39 Å². The number of hydrogen-bond acceptors (Lipinski definition) is 4. The van der Waals surface area contributed by atoms with Gasteiger partial charge in [0.2, 0.25) is 0 Å². The summed E-state index contributed by atoms with van der Waals surface area (Å²) < 4.78 is 18.1. The highest BCUT2D eigenvalue weighted by atomic mass is 79.9. The largest absolute Gasteiger partial charge is 0.460 e. The molecule has 0 saturated heterocycles. The van der Waals surface area contributed by atoms with Crippen molar-refractivity contribution in [1.82, 2.24) is 0 Å². The van der Waals surface area contributed by atoms with Gasteiger partial charge in [0.25, 0.3) is 0 Å². The third kappa shape index (κ3) is 4.95. The van der Waals surface area contributed by atoms with E-state index in [4.69, 9.17) is 4.74 Å². The second-order valence-corrected chi connectivity index (χ2v) is 3.94. The number of nitrogens with zero attached hydrogens (tertiary/aromatic N) is 1. The van der Waals surface area contributed by atoms with Crippen LogP contribution in [0.2, 0.25) is 0 Å². The second kappa shape index (κ2) is 7.01. The third-order valence-corrected chi connectivity index (χ3v) is 2.47. The molecule has 0 heterocycles. The van der Waals surface area contributed by atoms with Crippen LogP contribution in [0.5, 0.6) is 0 Å². The predicted molar refractivity (Wildman–Crippen MR) is 67.5 cm³/mol. The maximum Gasteiger partial charge on any atom is 0.305 e. The minimum atomic E-state index is -0.330. The molecular formula is C11H12BrFN2O2. The molecule has 17 heavy (non-hydrogen) atoms. The Labute approximate surface area is 107 Å². The molecule has 0 aliphatic heterocycles. The molecule has 0 atom stereocenters. The van der Waals surface area contributed by atoms with Crippen LogP contribution in [0.15, 0.2) is 27.8 Å². The van der Waals surface area contributed by atoms with E-state index in [-0.39, 0.29) is 18.4 Å². The summed E-state index contributed by atoms with van der Waals surface area (Å²) in [5, 5.41) is 3.83. The lowest BCUT2D eigenvalue weighted by molar-refractivity contribution is -0.141. The molecule has 4 nitrogen and oxygen atoms in total. The molecule has 0 amide bonds. The van der Waals surface area contributed by atoms with Gasteiger partial charge in [-0.15, -0.1) is 0 Å². The summed E-state index contributed by atoms with van der Waals surface area (Å²) >= 11 is 3.19. The van der Waals surface area contributed by atoms with Gasteiger partial charge in [0.05, 0.1) is 11.9 Å². The first-order valence-electron chi connectivity index (χ1n) is 5.01. The fourth-order valence-corrected chi connectivity index (χ4v) is 1.40. The number of rotatable bonds is 5. The fraction of sp³-hybridized carbons (Fsp3) is 0.273. The highest BCUT2D eigenvalue weighted by Gasteiger charge is 1.99. The zero-order chi connectivity index (χ0) is 12.7. The van der Waals surface area contributed by atoms with Crippen LogP contribution in [0.3, 0.4) is 0 Å². The highest BCUT2D eigenvalue weighted by molar-refractivity contribution is 9.10. The van der Waals surface area contributed by atoms with E-state index in [0.29, 0.717) is 16.6 Å². The van der Waals surface area contributed by atoms with Crippen LogP contribution in [-0.4, -0.2) is 18.8 Å². The number of nitrogens with one attached hydrogen (secondary N) is 1. The molecule has 0 aromatic heterocycles. The molecule has 0 aliphatic rings. The molecule has 92 valence electrons. The molecule has 1 aromatic carbocycles. The zero-order valence-electron chi connectivity index (χ0n) is 9.24. The minimum Gasteiger partial charge on any atom is -0.460 e. The number of ether oxygens (including phenoxy) is 1. The van der Waals surface area contributed by atoms with Gasteiger partial charge in [-0.1, -0.05) is 6.92 Å². The number of halogens is 2. The summed E-state index contributed by atoms with van der Waals surface area (Å²) in [6.07, 6.45) is 1.76. The first kappa shape index (κ1) is 13.6. The molecule has 1 rings (SSSR count). The first-order valence-corrected chi connectivity index (χ1v) is 5.81. The third-order valence-electron chi connectivity index (χ3n) is 1.81. The Bertz CT molecular complexity index is 424. The predicted octanol–water partition coefficient (Wildman–Crippen LogP) is 2.94. The average Bonchev–Trinajstić information content (AvgIpc) is 2.30. The van der Waals surface area contributed by atoms with Crippen LogP contribution >= 0.6 is 15.9 Å². The van der Waals surface area contributed by atoms with Crippen molar-refractivity contribution in [2.45, 2.75) is 13.3 Å². The minimum absolute atomic E-state index is 0.110. The van der Waals surface area contributed by atoms with Gasteiger partial charge in [-0.3, -0.25) is 10.2 Å². The molecule has 0 saturated carbocycles. The molecule has 0 radical (unpaired) electrons. The maximum absolute atomic E-state index is 12.8. The van der Waals surface area contributed by atoms with Gasteiger partial charge in [-0.05, 0) is 34.1 Å². The maximum atomic E-state index is 12.8. The zero-order valence-corrected chi connectivity index (χ0v) is 10.8. The van der Waals surface area contributed by atoms with Crippen molar-refractivity contribution in [3.05, 3.63) is 28.5 Å². The summed E-state index contributed by atoms with van der Waals surface area (Å²) in [5.74, 6) is -0.609. The van der Waals surface area contributed by atoms with Crippen molar-refractivity contribution in [1.29, 1.82) is 0 Å². The summed E-state index contributed by atoms with van der Waals surface area (Å²) in [4.78, 5) is 10.8. The molecule has 1 N–H and O–H groups in total. The van der Waals surface area contributed by atoms with Crippen LogP contribution in [0, 0.1) is 5.82 Å². The van der Waals surface area contributed by atoms with Gasteiger partial charge in [0.1, 0.15) is 12.4 Å². The molecule has 1 aromatic rings. The number of benzene rings is 1. The van der Waals surface area contributed by atoms with Crippen molar-refractivity contribution >= 4 is 33.8 Å². The lowest BCUT2D eigenvalue weighted by atomic mass is 10.3. The number of anilines is 1. The standard InChI is InChI=1S/C11H12BrFN2O2/c1-2-11(16)17-6-5-14-15-10-4-3-8(13)7-9(10)12/h3-5,7,15H,2,6H2,1H3/b14-5+. The Balaban J connectivity index is 2.39. The van der Waals surface area contributed by atoms with E-state index in [0.717, 1.165) is 0 Å². The molecular weight excluding hydrogens is 291 g/mol. The van der Waals surface area contributed by atoms with Crippen molar-refractivity contribution < 1.29 is 13.9 Å². The highest BCUT2D eigenvalue weighted by Crippen LogP contribution is 2.22. The summed E-state index contributed by atoms with van der Waals surface area (Å²) in [6, 6.07) is 4.20. The Hall–Kier alpha value is -1.43. The number of esters is 1. The number of hydrazone groups is 1. The number of carbonyl (C=O) groups is 1. The van der Waals surface area contributed by atoms with E-state index in [1.54, 1.807) is 13.0 Å². The van der Waals surface area contributed by atoms with Crippen molar-refractivity contribution in [2.24, 2.45) is 5.10 Å². The van der Waals surface area contributed by atoms with E-state index in [9.17, 15) is 9.18 Å². The Kier molecular flexibility index (Phi) is 5.62. The van der Waals surface area contributed by atoms with Crippen LogP contribution in [0.4, 0.5) is 10.1 Å². The van der Waals surface area contributed by atoms with E-state index in [2.05, 4.69) is 26.5 Å². The monoisotopic (exact) mass is 302 g/mol. The van der Waals surface area contributed by atoms with Crippen LogP contribution in [0.1, 0.15) is 13.3 Å². The topological polar surface area (TPSA) is 50.7 Å². The van der Waals surface area contributed by atoms with E-state index in [1.807, 2.05) is 0 Å². The lowest BCUT2D eigenvalue weighted by Crippen LogP contribution is -2.05. The van der Waals surface area contributed by atoms with Gasteiger partial charge in [-0.2, -0.15) is 5.10 Å². The second-order valence-electron chi connectivity index (χ2n) is 3.08. The molecule has 0 fully saturated rings. The molecule has 0 spiro atoms. The normalized spacial score (nSPS) is 10.5. The van der Waals surface area contributed by atoms with E-state index >= 15 is 0 Å². The number of hydrogen-bond donors (Lipinski definition) is 1. The summed E-state index contributed by atoms with van der Waals surface area (Å²) in [7, 11) is 0. The van der Waals surface area contributed by atoms with Gasteiger partial charge < -0.3 is 4.74 Å². The van der Waals surface area contributed by atoms with Crippen LogP contribution in [-0.2, 0) is 9.53 Å². The SMILES string of the molecule is CCC(=O)OC/C=N/Nc1ccc(F)cc1Br. The molecule has 0 unspecified atom stereocenters. The van der Waals surface area contributed by atoms with Crippen molar-refractivity contribution in [3.63, 3.8) is 0 Å². The van der Waals surface area contributed by atoms with E-state index < -0.39 is 0 Å². The molecule has 0 aliphatic carbocycles. The molecule has 6 heteroatoms. The van der Waals surface area contributed by atoms with Crippen LogP contribution in [0.25, 0.3) is 0 Å². The van der Waals surface area contributed by atoms with Crippen molar-refractivity contribution in [2.75, 3.05) is 12.0 Å². The van der Waals surface area contributed by atoms with E-state index in [1.165, 1.54) is 18.3 Å². The first-order chi connectivity index (χ1) is 8.13. The summed E-state index contributed by atoms with van der Waals surface area (Å²) in [6.45, 7) is 1.83. The summed E-state index contributed by atoms with van der Waals surface area (Å²) in [5.41, 5.74) is 3.33. The Morgan fingerprint density at radius 3 is 3.06 bits per heavy atom. The Morgan fingerprint density at radius 1 is 1.65 bits per heavy atom. The smallest absolute Gasteiger partial charge is 0.305 e. The van der Waals surface area contributed by atoms with Gasteiger partial charge >= 0.3 is 5.97 Å². The lowest BCUT2D eigenvalue weighted by Gasteiger charge is -2.03. The van der Waals surface area contributed by atoms with Gasteiger partial charge in [0, 0.05) is 10.9 Å². The van der Waals surface area contributed by atoms with Crippen LogP contribution < -0.4 is 5.43 Å². The van der Waals surface area contributed by atoms with Gasteiger partial charge in [0.15, 0.2) is 0 Å². The molecule has 0 bridgehead atoms. The fourth-order valence-electron chi connectivity index (χ4n) is 0.965. The number of carbonyl (C=O) groups excluding carboxylic acids is 1. The quantitative estimate of drug-likeness (QED) is 0.517.